The van der Waals surface area contributed by atoms with Gasteiger partial charge in [-0.3, -0.25) is 19.9 Å². The summed E-state index contributed by atoms with van der Waals surface area (Å²) >= 11 is 0. The van der Waals surface area contributed by atoms with Gasteiger partial charge >= 0.3 is 0 Å². The summed E-state index contributed by atoms with van der Waals surface area (Å²) in [7, 11) is 0. The molecule has 8 nitrogen and oxygen atoms in total. The first-order valence-electron chi connectivity index (χ1n) is 41.2. The van der Waals surface area contributed by atoms with Crippen LogP contribution in [-0.2, 0) is 84.3 Å². The van der Waals surface area contributed by atoms with Gasteiger partial charge in [-0.15, -0.1) is 209 Å². The Hall–Kier alpha value is -14.2. The molecule has 0 unspecified atom stereocenters. The van der Waals surface area contributed by atoms with Crippen LogP contribution in [0.15, 0.2) is 481 Å². The monoisotopic (exact) mass is 2400 g/mol. The van der Waals surface area contributed by atoms with Gasteiger partial charge in [0.25, 0.3) is 0 Å². The molecule has 131 heavy (non-hydrogen) atoms. The van der Waals surface area contributed by atoms with Gasteiger partial charge < -0.3 is 0 Å². The second kappa shape index (κ2) is 55.5. The molecular formula is C119H82N8Pt4-12. The van der Waals surface area contributed by atoms with Gasteiger partial charge in [-0.1, -0.05) is 175 Å². The second-order valence-electron chi connectivity index (χ2n) is 28.1. The smallest absolute Gasteiger partial charge is 0.106 e. The molecule has 0 aliphatic heterocycles. The van der Waals surface area contributed by atoms with E-state index in [9.17, 15) is 0 Å². The topological polar surface area (TPSA) is 103 Å². The van der Waals surface area contributed by atoms with Crippen molar-refractivity contribution in [2.45, 2.75) is 6.92 Å². The first-order chi connectivity index (χ1) is 63.0. The molecule has 17 aromatic carbocycles. The second-order valence-corrected chi connectivity index (χ2v) is 28.1. The molecule has 0 bridgehead atoms. The maximum absolute atomic E-state index is 4.34. The number of nitrogens with zero attached hydrogens (tertiary/aromatic N) is 8. The zero-order valence-electron chi connectivity index (χ0n) is 71.0. The summed E-state index contributed by atoms with van der Waals surface area (Å²) < 4.78 is 0. The van der Waals surface area contributed by atoms with E-state index in [0.29, 0.717) is 0 Å². The SMILES string of the molecule is Cc1ccc(-c2cc(-c3[c-]cccc3)ncn2)cc1.[Pt].[Pt].[Pt].[Pt].[c-]1ccc(-c2ccccc2)cc1-c1[c-]ccc(-c2ccccc2)c1.[c-]1ccccc1-c1[c-]ccc(-c2ccccc2)c1.[c-]1ccccc1-c1[c-]cccc1.[c-]1ccccc1-c1[c-]cccc1.[c-]1ccccc1-c1cc(-c2ccccc2)ncn1.[c-]1ccccc1-c1ccncn1.[c-]1ccccc1-c1ccncn1. The molecule has 0 saturated carbocycles. The molecule has 0 radical (unpaired) electrons. The predicted molar refractivity (Wildman–Crippen MR) is 515 cm³/mol. The van der Waals surface area contributed by atoms with Crippen molar-refractivity contribution in [1.82, 2.24) is 39.9 Å². The first kappa shape index (κ1) is 99.0. The Morgan fingerprint density at radius 2 is 0.374 bits per heavy atom. The van der Waals surface area contributed by atoms with Crippen LogP contribution in [0.3, 0.4) is 0 Å². The van der Waals surface area contributed by atoms with Crippen molar-refractivity contribution in [3.63, 3.8) is 0 Å². The van der Waals surface area contributed by atoms with E-state index in [4.69, 9.17) is 0 Å². The molecule has 0 fully saturated rings. The number of rotatable bonds is 13. The zero-order valence-corrected chi connectivity index (χ0v) is 80.0. The van der Waals surface area contributed by atoms with E-state index in [-0.39, 0.29) is 84.3 Å². The van der Waals surface area contributed by atoms with Gasteiger partial charge in [0, 0.05) is 96.7 Å². The molecule has 0 aliphatic carbocycles. The van der Waals surface area contributed by atoms with Crippen LogP contribution in [0.4, 0.5) is 0 Å². The third kappa shape index (κ3) is 31.6. The van der Waals surface area contributed by atoms with Gasteiger partial charge in [0.05, 0.1) is 11.4 Å². The third-order valence-electron chi connectivity index (χ3n) is 19.3. The van der Waals surface area contributed by atoms with E-state index >= 15 is 0 Å². The van der Waals surface area contributed by atoms with Crippen LogP contribution in [0.25, 0.3) is 145 Å². The minimum absolute atomic E-state index is 0. The summed E-state index contributed by atoms with van der Waals surface area (Å²) in [4.78, 5) is 33.2. The molecule has 0 saturated heterocycles. The summed E-state index contributed by atoms with van der Waals surface area (Å²) in [5.74, 6) is 0. The van der Waals surface area contributed by atoms with Crippen LogP contribution in [0, 0.1) is 79.7 Å². The molecule has 4 aromatic heterocycles. The average Bonchev–Trinajstić information content (AvgIpc) is 0.832. The van der Waals surface area contributed by atoms with Crippen LogP contribution >= 0.6 is 0 Å². The van der Waals surface area contributed by atoms with Gasteiger partial charge in [-0.2, -0.15) is 176 Å². The molecule has 650 valence electrons. The Balaban J connectivity index is 0.000000157. The van der Waals surface area contributed by atoms with E-state index in [0.717, 1.165) is 112 Å². The van der Waals surface area contributed by atoms with Crippen molar-refractivity contribution < 1.29 is 84.3 Å². The predicted octanol–water partition coefficient (Wildman–Crippen LogP) is 28.2. The number of aryl methyl sites for hydroxylation is 1. The minimum atomic E-state index is 0. The summed E-state index contributed by atoms with van der Waals surface area (Å²) in [6.45, 7) is 2.08. The largest absolute Gasteiger partial charge is 0.286 e. The fourth-order valence-electron chi connectivity index (χ4n) is 12.9. The molecule has 21 aromatic rings. The third-order valence-corrected chi connectivity index (χ3v) is 19.3. The van der Waals surface area contributed by atoms with Gasteiger partial charge in [-0.05, 0) is 57.5 Å². The van der Waals surface area contributed by atoms with Crippen LogP contribution in [0.5, 0.6) is 0 Å². The van der Waals surface area contributed by atoms with Gasteiger partial charge in [0.2, 0.25) is 0 Å². The summed E-state index contributed by atoms with van der Waals surface area (Å²) in [6, 6.07) is 185. The Morgan fingerprint density at radius 1 is 0.153 bits per heavy atom. The fraction of sp³-hybridized carbons (Fsp3) is 0.00840. The van der Waals surface area contributed by atoms with Crippen LogP contribution in [-0.4, -0.2) is 39.9 Å². The Bertz CT molecular complexity index is 5920. The molecule has 0 N–H and O–H groups in total. The summed E-state index contributed by atoms with van der Waals surface area (Å²) in [6.07, 6.45) is 9.72. The van der Waals surface area contributed by atoms with Crippen molar-refractivity contribution in [2.24, 2.45) is 0 Å². The number of hydrogen-bond donors (Lipinski definition) is 0. The Labute approximate surface area is 827 Å². The van der Waals surface area contributed by atoms with E-state index in [1.54, 1.807) is 25.0 Å². The van der Waals surface area contributed by atoms with Crippen molar-refractivity contribution >= 4 is 0 Å². The first-order valence-corrected chi connectivity index (χ1v) is 41.2. The van der Waals surface area contributed by atoms with Crippen LogP contribution < -0.4 is 0 Å². The van der Waals surface area contributed by atoms with Crippen molar-refractivity contribution in [1.29, 1.82) is 0 Å². The normalized spacial score (nSPS) is 9.78. The Morgan fingerprint density at radius 3 is 0.641 bits per heavy atom. The quantitative estimate of drug-likeness (QED) is 0.105. The van der Waals surface area contributed by atoms with Crippen molar-refractivity contribution in [3.05, 3.63) is 559 Å². The van der Waals surface area contributed by atoms with Gasteiger partial charge in [-0.25, -0.2) is 64.4 Å². The standard InChI is InChI=1S/C24H16.C18H12.C17H13N2.C16H11N2.2C12H8.2C10H7N2.4Pt/c1-3-9-19(10-4-1)21-13-7-15-23(17-21)24-16-8-14-22(18-24)20-11-5-2-6-12-20;1-3-8-15(9-4-1)17-12-7-13-18(14-17)16-10-5-2-6-11-16;1-13-7-9-15(10-8-13)17-11-16(18-12-19-17)14-5-3-2-4-6-14;1-3-7-13(8-4-1)15-11-16(18-12-17-15)14-9-5-2-6-10-14;2*1-3-7-11(8-4-1)12-9-5-2-6-10-12;2*1-2-4-9(5-3-1)10-6-7-11-8-12-10;;;;/h1-14,17-18H;1-10,12,14H;2-5,7-12H,1H3;1-9,11-12H;2*1-7,9H;2*1-4,6-8H;;;;/q2*-2;2*-1;2*-2;2*-1;;;;. The molecule has 4 heterocycles. The molecule has 0 spiro atoms. The molecule has 0 atom stereocenters. The number of hydrogen-bond acceptors (Lipinski definition) is 8. The fourth-order valence-corrected chi connectivity index (χ4v) is 12.9. The molecule has 21 rings (SSSR count). The molecule has 0 aliphatic rings. The Kier molecular flexibility index (Phi) is 42.0. The minimum Gasteiger partial charge on any atom is -0.286 e. The maximum Gasteiger partial charge on any atom is 0.106 e. The van der Waals surface area contributed by atoms with E-state index in [1.165, 1.54) is 51.6 Å². The zero-order chi connectivity index (χ0) is 86.6. The van der Waals surface area contributed by atoms with E-state index in [1.807, 2.05) is 303 Å². The average molecular weight is 2400 g/mol. The van der Waals surface area contributed by atoms with E-state index in [2.05, 4.69) is 259 Å². The maximum atomic E-state index is 4.34. The molecular weight excluding hydrogens is 2320 g/mol. The van der Waals surface area contributed by atoms with Crippen LogP contribution in [0.2, 0.25) is 0 Å². The summed E-state index contributed by atoms with van der Waals surface area (Å²) in [5, 5.41) is 0. The molecule has 0 amide bonds. The number of aromatic nitrogens is 8. The van der Waals surface area contributed by atoms with Gasteiger partial charge in [0.15, 0.2) is 0 Å². The van der Waals surface area contributed by atoms with E-state index < -0.39 is 0 Å². The number of benzene rings is 17. The molecule has 12 heteroatoms. The van der Waals surface area contributed by atoms with Crippen LogP contribution in [0.1, 0.15) is 5.56 Å². The van der Waals surface area contributed by atoms with Crippen molar-refractivity contribution in [2.75, 3.05) is 0 Å². The van der Waals surface area contributed by atoms with Gasteiger partial charge in [0.1, 0.15) is 25.3 Å². The van der Waals surface area contributed by atoms with Crippen molar-refractivity contribution in [3.8, 4) is 145 Å². The summed E-state index contributed by atoms with van der Waals surface area (Å²) in [5.41, 5.74) is 28.8.